The van der Waals surface area contributed by atoms with Gasteiger partial charge in [-0.1, -0.05) is 70.0 Å². The number of hydrogen-bond acceptors (Lipinski definition) is 0. The molecule has 0 aromatic rings. The zero-order valence-electron chi connectivity index (χ0n) is 15.0. The molecule has 0 aromatic carbocycles. The van der Waals surface area contributed by atoms with Gasteiger partial charge in [0.25, 0.3) is 6.08 Å². The third-order valence-electron chi connectivity index (χ3n) is 6.45. The Labute approximate surface area is 143 Å². The molecule has 0 radical (unpaired) electrons. The number of hydrogen-bond donors (Lipinski definition) is 0. The van der Waals surface area contributed by atoms with Crippen LogP contribution in [0.3, 0.4) is 0 Å². The molecule has 23 heavy (non-hydrogen) atoms. The summed E-state index contributed by atoms with van der Waals surface area (Å²) in [5.41, 5.74) is 0. The second-order valence-electron chi connectivity index (χ2n) is 8.11. The first-order valence-corrected chi connectivity index (χ1v) is 12.7. The molecule has 1 saturated heterocycles. The predicted octanol–water partition coefficient (Wildman–Crippen LogP) is 7.18. The number of rotatable bonds is 8. The molecule has 0 bridgehead atoms. The first-order valence-electron chi connectivity index (χ1n) is 10.2. The van der Waals surface area contributed by atoms with E-state index in [-0.39, 0.29) is 5.92 Å². The topological polar surface area (TPSA) is 0 Å². The fourth-order valence-electron chi connectivity index (χ4n) is 4.95. The van der Waals surface area contributed by atoms with Gasteiger partial charge >= 0.3 is 0 Å². The van der Waals surface area contributed by atoms with Crippen LogP contribution < -0.4 is 0 Å². The van der Waals surface area contributed by atoms with Gasteiger partial charge < -0.3 is 0 Å². The van der Waals surface area contributed by atoms with Crippen molar-refractivity contribution in [2.24, 2.45) is 17.8 Å². The van der Waals surface area contributed by atoms with Crippen LogP contribution in [0.5, 0.6) is 0 Å². The third kappa shape index (κ3) is 7.07. The Morgan fingerprint density at radius 1 is 0.870 bits per heavy atom. The minimum Gasteiger partial charge on any atom is -0.174 e. The van der Waals surface area contributed by atoms with E-state index < -0.39 is 14.9 Å². The maximum atomic E-state index is 12.4. The Morgan fingerprint density at radius 2 is 1.48 bits per heavy atom. The van der Waals surface area contributed by atoms with Crippen molar-refractivity contribution in [3.8, 4) is 0 Å². The lowest BCUT2D eigenvalue weighted by Crippen LogP contribution is -2.28. The van der Waals surface area contributed by atoms with Crippen LogP contribution in [-0.4, -0.2) is 8.80 Å². The molecular formula is C20H36F2Si. The Morgan fingerprint density at radius 3 is 2.09 bits per heavy atom. The van der Waals surface area contributed by atoms with Gasteiger partial charge in [0.1, 0.15) is 0 Å². The van der Waals surface area contributed by atoms with E-state index in [1.54, 1.807) is 18.1 Å². The number of halogens is 2. The zero-order chi connectivity index (χ0) is 16.5. The lowest BCUT2D eigenvalue weighted by molar-refractivity contribution is 0.206. The minimum absolute atomic E-state index is 0.157. The molecule has 1 heterocycles. The Bertz CT molecular complexity index is 336. The average molecular weight is 343 g/mol. The van der Waals surface area contributed by atoms with Crippen molar-refractivity contribution in [1.82, 2.24) is 0 Å². The van der Waals surface area contributed by atoms with Gasteiger partial charge in [-0.25, -0.2) is 0 Å². The van der Waals surface area contributed by atoms with E-state index in [9.17, 15) is 8.78 Å². The maximum absolute atomic E-state index is 12.4. The van der Waals surface area contributed by atoms with Crippen LogP contribution in [0, 0.1) is 17.8 Å². The first kappa shape index (κ1) is 19.1. The largest absolute Gasteiger partial charge is 0.266 e. The summed E-state index contributed by atoms with van der Waals surface area (Å²) in [6.07, 6.45) is 14.2. The fourth-order valence-corrected chi connectivity index (χ4v) is 8.48. The smallest absolute Gasteiger partial charge is 0.174 e. The van der Waals surface area contributed by atoms with Crippen molar-refractivity contribution >= 4 is 8.80 Å². The van der Waals surface area contributed by atoms with E-state index in [2.05, 4.69) is 6.92 Å². The molecule has 2 fully saturated rings. The standard InChI is InChI=1S/C20H36F2Si/c1-2-3-4-5-6-13-23-14-11-19(12-15-23)18-9-7-17(8-10-18)16-20(21)22/h16-19,23H,2-15H2,1H3/t17?,18?,19-,23-. The summed E-state index contributed by atoms with van der Waals surface area (Å²) in [4.78, 5) is 0. The van der Waals surface area contributed by atoms with Gasteiger partial charge in [0, 0.05) is 8.80 Å². The molecule has 0 spiro atoms. The fraction of sp³-hybridized carbons (Fsp3) is 0.900. The van der Waals surface area contributed by atoms with Crippen molar-refractivity contribution in [2.75, 3.05) is 0 Å². The summed E-state index contributed by atoms with van der Waals surface area (Å²) in [5.74, 6) is 1.94. The van der Waals surface area contributed by atoms with Crippen molar-refractivity contribution in [3.63, 3.8) is 0 Å². The second-order valence-corrected chi connectivity index (χ2v) is 11.6. The van der Waals surface area contributed by atoms with Crippen molar-refractivity contribution in [3.05, 3.63) is 12.2 Å². The molecule has 2 aliphatic rings. The quantitative estimate of drug-likeness (QED) is 0.324. The van der Waals surface area contributed by atoms with Gasteiger partial charge in [-0.05, 0) is 49.5 Å². The van der Waals surface area contributed by atoms with Crippen LogP contribution in [0.1, 0.15) is 77.6 Å². The predicted molar refractivity (Wildman–Crippen MR) is 98.8 cm³/mol. The zero-order valence-corrected chi connectivity index (χ0v) is 16.2. The van der Waals surface area contributed by atoms with Crippen LogP contribution in [0.25, 0.3) is 0 Å². The molecular weight excluding hydrogens is 306 g/mol. The highest BCUT2D eigenvalue weighted by Crippen LogP contribution is 2.41. The Balaban J connectivity index is 1.59. The summed E-state index contributed by atoms with van der Waals surface area (Å²) < 4.78 is 24.7. The van der Waals surface area contributed by atoms with Crippen LogP contribution in [0.2, 0.25) is 18.1 Å². The molecule has 0 unspecified atom stereocenters. The highest BCUT2D eigenvalue weighted by atomic mass is 28.3. The number of allylic oxidation sites excluding steroid dienone is 1. The summed E-state index contributed by atoms with van der Waals surface area (Å²) in [6.45, 7) is 2.29. The van der Waals surface area contributed by atoms with E-state index in [4.69, 9.17) is 0 Å². The second kappa shape index (κ2) is 10.6. The molecule has 1 aliphatic carbocycles. The van der Waals surface area contributed by atoms with Crippen LogP contribution in [-0.2, 0) is 0 Å². The minimum atomic E-state index is -1.47. The molecule has 0 atom stereocenters. The van der Waals surface area contributed by atoms with Gasteiger partial charge in [0.05, 0.1) is 0 Å². The van der Waals surface area contributed by atoms with Crippen LogP contribution in [0.15, 0.2) is 12.2 Å². The van der Waals surface area contributed by atoms with E-state index in [0.717, 1.165) is 24.7 Å². The number of unbranched alkanes of at least 4 members (excludes halogenated alkanes) is 4. The van der Waals surface area contributed by atoms with Crippen molar-refractivity contribution in [1.29, 1.82) is 0 Å². The Kier molecular flexibility index (Phi) is 8.85. The monoisotopic (exact) mass is 342 g/mol. The third-order valence-corrected chi connectivity index (χ3v) is 9.98. The molecule has 134 valence electrons. The highest BCUT2D eigenvalue weighted by molar-refractivity contribution is 6.58. The molecule has 1 aliphatic heterocycles. The summed E-state index contributed by atoms with van der Waals surface area (Å²) >= 11 is 0. The maximum Gasteiger partial charge on any atom is 0.266 e. The van der Waals surface area contributed by atoms with Crippen molar-refractivity contribution in [2.45, 2.75) is 95.7 Å². The van der Waals surface area contributed by atoms with E-state index >= 15 is 0 Å². The summed E-state index contributed by atoms with van der Waals surface area (Å²) in [6, 6.07) is 4.72. The van der Waals surface area contributed by atoms with E-state index in [1.807, 2.05) is 0 Å². The summed E-state index contributed by atoms with van der Waals surface area (Å²) in [5, 5.41) is 0. The van der Waals surface area contributed by atoms with Gasteiger partial charge in [-0.3, -0.25) is 0 Å². The Hall–Kier alpha value is -0.183. The normalized spacial score (nSPS) is 31.8. The van der Waals surface area contributed by atoms with Gasteiger partial charge in [-0.2, -0.15) is 8.78 Å². The molecule has 2 rings (SSSR count). The SMILES string of the molecule is CCCCCCC[Si@H]1CC[C@H](C2CCC(C=C(F)F)CC2)CC1. The van der Waals surface area contributed by atoms with Crippen molar-refractivity contribution < 1.29 is 8.78 Å². The first-order chi connectivity index (χ1) is 11.2. The molecule has 0 N–H and O–H groups in total. The lowest BCUT2D eigenvalue weighted by atomic mass is 9.74. The highest BCUT2D eigenvalue weighted by Gasteiger charge is 2.30. The molecule has 3 heteroatoms. The van der Waals surface area contributed by atoms with Gasteiger partial charge in [0.2, 0.25) is 0 Å². The van der Waals surface area contributed by atoms with Crippen LogP contribution >= 0.6 is 0 Å². The van der Waals surface area contributed by atoms with E-state index in [1.165, 1.54) is 63.9 Å². The average Bonchev–Trinajstić information content (AvgIpc) is 2.55. The lowest BCUT2D eigenvalue weighted by Gasteiger charge is -2.37. The summed E-state index contributed by atoms with van der Waals surface area (Å²) in [7, 11) is -0.411. The van der Waals surface area contributed by atoms with E-state index in [0.29, 0.717) is 0 Å². The molecule has 0 nitrogen and oxygen atoms in total. The van der Waals surface area contributed by atoms with Crippen LogP contribution in [0.4, 0.5) is 8.78 Å². The molecule has 0 amide bonds. The van der Waals surface area contributed by atoms with Gasteiger partial charge in [-0.15, -0.1) is 0 Å². The van der Waals surface area contributed by atoms with Gasteiger partial charge in [0.15, 0.2) is 0 Å². The molecule has 0 aromatic heterocycles. The molecule has 1 saturated carbocycles.